The van der Waals surface area contributed by atoms with Crippen molar-refractivity contribution in [2.24, 2.45) is 0 Å². The van der Waals surface area contributed by atoms with Crippen LogP contribution in [0.4, 0.5) is 5.69 Å². The molecule has 0 radical (unpaired) electrons. The van der Waals surface area contributed by atoms with Gasteiger partial charge in [0.2, 0.25) is 15.9 Å². The summed E-state index contributed by atoms with van der Waals surface area (Å²) < 4.78 is 32.3. The van der Waals surface area contributed by atoms with Gasteiger partial charge >= 0.3 is 0 Å². The lowest BCUT2D eigenvalue weighted by atomic mass is 10.2. The van der Waals surface area contributed by atoms with Crippen molar-refractivity contribution in [2.75, 3.05) is 38.6 Å². The summed E-state index contributed by atoms with van der Waals surface area (Å²) in [5, 5.41) is 3.27. The number of hydrogen-bond donors (Lipinski definition) is 1. The molecule has 1 saturated heterocycles. The Bertz CT molecular complexity index is 1000. The van der Waals surface area contributed by atoms with Gasteiger partial charge in [-0.05, 0) is 44.2 Å². The molecular weight excluding hydrogens is 426 g/mol. The predicted octanol–water partition coefficient (Wildman–Crippen LogP) is 2.99. The number of benzene rings is 2. The fourth-order valence-corrected chi connectivity index (χ4v) is 5.03. The number of amides is 1. The van der Waals surface area contributed by atoms with Crippen molar-refractivity contribution in [1.82, 2.24) is 9.21 Å². The Balaban J connectivity index is 1.59. The molecule has 1 aliphatic rings. The Morgan fingerprint density at radius 2 is 1.73 bits per heavy atom. The van der Waals surface area contributed by atoms with Gasteiger partial charge < -0.3 is 10.1 Å². The Hall–Kier alpha value is -2.13. The number of aryl methyl sites for hydroxylation is 1. The van der Waals surface area contributed by atoms with Crippen molar-refractivity contribution in [3.8, 4) is 5.75 Å². The molecule has 1 heterocycles. The predicted molar refractivity (Wildman–Crippen MR) is 118 cm³/mol. The van der Waals surface area contributed by atoms with Crippen LogP contribution >= 0.6 is 11.6 Å². The van der Waals surface area contributed by atoms with Gasteiger partial charge in [-0.3, -0.25) is 9.69 Å². The summed E-state index contributed by atoms with van der Waals surface area (Å²) in [6, 6.07) is 11.5. The second kappa shape index (κ2) is 9.34. The van der Waals surface area contributed by atoms with Crippen molar-refractivity contribution in [3.63, 3.8) is 0 Å². The minimum absolute atomic E-state index is 0.175. The minimum Gasteiger partial charge on any atom is -0.495 e. The number of nitrogens with zero attached hydrogens (tertiary/aromatic N) is 2. The largest absolute Gasteiger partial charge is 0.495 e. The monoisotopic (exact) mass is 451 g/mol. The van der Waals surface area contributed by atoms with Crippen molar-refractivity contribution >= 4 is 33.2 Å². The van der Waals surface area contributed by atoms with E-state index in [2.05, 4.69) is 5.32 Å². The first-order valence-corrected chi connectivity index (χ1v) is 11.5. The first-order chi connectivity index (χ1) is 14.2. The molecule has 0 saturated carbocycles. The van der Waals surface area contributed by atoms with E-state index in [1.807, 2.05) is 18.7 Å². The molecular formula is C21H26ClN3O4S. The van der Waals surface area contributed by atoms with Gasteiger partial charge in [-0.1, -0.05) is 29.3 Å². The van der Waals surface area contributed by atoms with Crippen LogP contribution in [0.2, 0.25) is 5.02 Å². The third kappa shape index (κ3) is 4.95. The highest BCUT2D eigenvalue weighted by atomic mass is 35.5. The van der Waals surface area contributed by atoms with Crippen LogP contribution in [0, 0.1) is 6.92 Å². The summed E-state index contributed by atoms with van der Waals surface area (Å²) in [7, 11) is -2.00. The van der Waals surface area contributed by atoms with Gasteiger partial charge in [0.15, 0.2) is 0 Å². The highest BCUT2D eigenvalue weighted by Crippen LogP contribution is 2.27. The van der Waals surface area contributed by atoms with E-state index in [9.17, 15) is 13.2 Å². The van der Waals surface area contributed by atoms with Gasteiger partial charge in [-0.2, -0.15) is 4.31 Å². The molecule has 1 N–H and O–H groups in total. The average molecular weight is 452 g/mol. The Morgan fingerprint density at radius 3 is 2.30 bits per heavy atom. The fraction of sp³-hybridized carbons (Fsp3) is 0.381. The van der Waals surface area contributed by atoms with E-state index in [1.54, 1.807) is 42.5 Å². The van der Waals surface area contributed by atoms with Gasteiger partial charge in [0, 0.05) is 31.9 Å². The molecule has 2 aromatic rings. The van der Waals surface area contributed by atoms with Crippen molar-refractivity contribution in [2.45, 2.75) is 24.8 Å². The first kappa shape index (κ1) is 22.6. The molecule has 7 nitrogen and oxygen atoms in total. The summed E-state index contributed by atoms with van der Waals surface area (Å²) in [6.07, 6.45) is 0. The standard InChI is InChI=1S/C21H26ClN3O4S/c1-15-4-7-18(8-5-15)30(27,28)25-12-10-24(11-13-25)16(2)21(26)23-17-6-9-20(29-3)19(22)14-17/h4-9,14,16H,10-13H2,1-3H3,(H,23,26). The molecule has 1 amide bonds. The van der Waals surface area contributed by atoms with E-state index >= 15 is 0 Å². The van der Waals surface area contributed by atoms with Crippen LogP contribution in [0.3, 0.4) is 0 Å². The molecule has 1 atom stereocenters. The smallest absolute Gasteiger partial charge is 0.243 e. The second-order valence-corrected chi connectivity index (χ2v) is 9.61. The lowest BCUT2D eigenvalue weighted by molar-refractivity contribution is -0.121. The lowest BCUT2D eigenvalue weighted by Gasteiger charge is -2.36. The topological polar surface area (TPSA) is 79.0 Å². The van der Waals surface area contributed by atoms with Gasteiger partial charge in [-0.25, -0.2) is 8.42 Å². The fourth-order valence-electron chi connectivity index (χ4n) is 3.35. The molecule has 0 aliphatic carbocycles. The highest BCUT2D eigenvalue weighted by Gasteiger charge is 2.31. The van der Waals surface area contributed by atoms with Crippen molar-refractivity contribution in [1.29, 1.82) is 0 Å². The molecule has 162 valence electrons. The maximum atomic E-state index is 12.8. The Labute approximate surface area is 182 Å². The summed E-state index contributed by atoms with van der Waals surface area (Å²) in [6.45, 7) is 5.35. The number of anilines is 1. The first-order valence-electron chi connectivity index (χ1n) is 9.67. The van der Waals surface area contributed by atoms with Crippen molar-refractivity contribution in [3.05, 3.63) is 53.1 Å². The number of ether oxygens (including phenoxy) is 1. The zero-order valence-corrected chi connectivity index (χ0v) is 18.8. The van der Waals surface area contributed by atoms with Crippen LogP contribution < -0.4 is 10.1 Å². The number of piperazine rings is 1. The average Bonchev–Trinajstić information content (AvgIpc) is 2.73. The molecule has 1 aliphatic heterocycles. The number of halogens is 1. The molecule has 1 unspecified atom stereocenters. The Morgan fingerprint density at radius 1 is 1.10 bits per heavy atom. The summed E-state index contributed by atoms with van der Waals surface area (Å²) in [5.41, 5.74) is 1.59. The van der Waals surface area contributed by atoms with E-state index < -0.39 is 16.1 Å². The van der Waals surface area contributed by atoms with Crippen LogP contribution in [0.15, 0.2) is 47.4 Å². The summed E-state index contributed by atoms with van der Waals surface area (Å²) in [5.74, 6) is 0.361. The third-order valence-electron chi connectivity index (χ3n) is 5.28. The molecule has 30 heavy (non-hydrogen) atoms. The molecule has 0 spiro atoms. The number of carbonyl (C=O) groups is 1. The van der Waals surface area contributed by atoms with E-state index in [0.29, 0.717) is 47.5 Å². The molecule has 0 aromatic heterocycles. The number of methoxy groups -OCH3 is 1. The summed E-state index contributed by atoms with van der Waals surface area (Å²) >= 11 is 6.11. The molecule has 9 heteroatoms. The maximum absolute atomic E-state index is 12.8. The van der Waals surface area contributed by atoms with Crippen LogP contribution in [0.5, 0.6) is 5.75 Å². The van der Waals surface area contributed by atoms with Crippen LogP contribution in [0.25, 0.3) is 0 Å². The normalized spacial score (nSPS) is 16.8. The zero-order chi connectivity index (χ0) is 21.9. The van der Waals surface area contributed by atoms with Crippen LogP contribution in [0.1, 0.15) is 12.5 Å². The van der Waals surface area contributed by atoms with Gasteiger partial charge in [0.25, 0.3) is 0 Å². The highest BCUT2D eigenvalue weighted by molar-refractivity contribution is 7.89. The molecule has 3 rings (SSSR count). The lowest BCUT2D eigenvalue weighted by Crippen LogP contribution is -2.53. The second-order valence-electron chi connectivity index (χ2n) is 7.27. The summed E-state index contributed by atoms with van der Waals surface area (Å²) in [4.78, 5) is 14.9. The SMILES string of the molecule is COc1ccc(NC(=O)C(C)N2CCN(S(=O)(=O)c3ccc(C)cc3)CC2)cc1Cl. The number of sulfonamides is 1. The number of rotatable bonds is 6. The van der Waals surface area contributed by atoms with E-state index in [-0.39, 0.29) is 5.91 Å². The van der Waals surface area contributed by atoms with Gasteiger partial charge in [0.1, 0.15) is 5.75 Å². The molecule has 0 bridgehead atoms. The number of nitrogens with one attached hydrogen (secondary N) is 1. The van der Waals surface area contributed by atoms with Crippen molar-refractivity contribution < 1.29 is 17.9 Å². The maximum Gasteiger partial charge on any atom is 0.243 e. The van der Waals surface area contributed by atoms with E-state index in [1.165, 1.54) is 11.4 Å². The van der Waals surface area contributed by atoms with Gasteiger partial charge in [-0.15, -0.1) is 0 Å². The van der Waals surface area contributed by atoms with E-state index in [0.717, 1.165) is 5.56 Å². The van der Waals surface area contributed by atoms with Crippen LogP contribution in [-0.2, 0) is 14.8 Å². The zero-order valence-electron chi connectivity index (χ0n) is 17.3. The van der Waals surface area contributed by atoms with Crippen LogP contribution in [-0.4, -0.2) is 62.9 Å². The van der Waals surface area contributed by atoms with E-state index in [4.69, 9.17) is 16.3 Å². The molecule has 2 aromatic carbocycles. The quantitative estimate of drug-likeness (QED) is 0.730. The Kier molecular flexibility index (Phi) is 7.02. The molecule has 1 fully saturated rings. The number of carbonyl (C=O) groups excluding carboxylic acids is 1. The third-order valence-corrected chi connectivity index (χ3v) is 7.49. The van der Waals surface area contributed by atoms with Gasteiger partial charge in [0.05, 0.1) is 23.1 Å². The number of hydrogen-bond acceptors (Lipinski definition) is 5. The minimum atomic E-state index is -3.53.